The van der Waals surface area contributed by atoms with Crippen molar-refractivity contribution < 1.29 is 13.9 Å². The molecule has 1 saturated heterocycles. The Kier molecular flexibility index (Phi) is 5.96. The molecule has 0 saturated carbocycles. The summed E-state index contributed by atoms with van der Waals surface area (Å²) in [7, 11) is -1.38. The zero-order valence-corrected chi connectivity index (χ0v) is 12.1. The van der Waals surface area contributed by atoms with Gasteiger partial charge in [0.05, 0.1) is 13.2 Å². The number of ether oxygens (including phenoxy) is 2. The minimum absolute atomic E-state index is 0.377. The highest BCUT2D eigenvalue weighted by Crippen LogP contribution is 2.15. The lowest BCUT2D eigenvalue weighted by atomic mass is 10.2. The van der Waals surface area contributed by atoms with Gasteiger partial charge in [-0.15, -0.1) is 0 Å². The van der Waals surface area contributed by atoms with E-state index in [2.05, 4.69) is 26.9 Å². The van der Waals surface area contributed by atoms with Gasteiger partial charge in [-0.2, -0.15) is 0 Å². The molecule has 3 nitrogen and oxygen atoms in total. The summed E-state index contributed by atoms with van der Waals surface area (Å²) in [6.07, 6.45) is 2.95. The average molecular weight is 246 g/mol. The molecular formula is C12H26O3Si. The molecule has 0 aromatic carbocycles. The van der Waals surface area contributed by atoms with Crippen molar-refractivity contribution in [3.8, 4) is 0 Å². The molecule has 0 N–H and O–H groups in total. The summed E-state index contributed by atoms with van der Waals surface area (Å²) < 4.78 is 16.7. The maximum atomic E-state index is 6.09. The van der Waals surface area contributed by atoms with E-state index >= 15 is 0 Å². The minimum Gasteiger partial charge on any atom is -0.415 e. The molecular weight excluding hydrogens is 220 g/mol. The van der Waals surface area contributed by atoms with E-state index in [0.717, 1.165) is 32.7 Å². The Morgan fingerprint density at radius 3 is 2.69 bits per heavy atom. The SMILES string of the molecule is CC[Si](C)(C)OC(C)CCCOCC1CO1. The fourth-order valence-electron chi connectivity index (χ4n) is 1.54. The molecule has 0 aliphatic carbocycles. The second-order valence-electron chi connectivity index (χ2n) is 5.21. The normalized spacial score (nSPS) is 22.1. The van der Waals surface area contributed by atoms with Crippen LogP contribution < -0.4 is 0 Å². The van der Waals surface area contributed by atoms with Crippen molar-refractivity contribution in [3.63, 3.8) is 0 Å². The molecule has 0 bridgehead atoms. The third-order valence-corrected chi connectivity index (χ3v) is 5.72. The summed E-state index contributed by atoms with van der Waals surface area (Å²) in [5.41, 5.74) is 0. The van der Waals surface area contributed by atoms with Gasteiger partial charge in [-0.25, -0.2) is 0 Å². The predicted octanol–water partition coefficient (Wildman–Crippen LogP) is 2.81. The molecule has 96 valence electrons. The third kappa shape index (κ3) is 6.63. The summed E-state index contributed by atoms with van der Waals surface area (Å²) >= 11 is 0. The van der Waals surface area contributed by atoms with Gasteiger partial charge in [-0.05, 0) is 38.9 Å². The van der Waals surface area contributed by atoms with Gasteiger partial charge in [0.1, 0.15) is 6.10 Å². The molecule has 0 spiro atoms. The van der Waals surface area contributed by atoms with Crippen LogP contribution in [0.25, 0.3) is 0 Å². The Bertz CT molecular complexity index is 193. The van der Waals surface area contributed by atoms with E-state index in [0.29, 0.717) is 12.2 Å². The van der Waals surface area contributed by atoms with Crippen LogP contribution in [0, 0.1) is 0 Å². The van der Waals surface area contributed by atoms with Crippen LogP contribution in [0.1, 0.15) is 26.7 Å². The Labute approximate surface area is 101 Å². The lowest BCUT2D eigenvalue weighted by Crippen LogP contribution is -2.33. The topological polar surface area (TPSA) is 31.0 Å². The fraction of sp³-hybridized carbons (Fsp3) is 1.00. The van der Waals surface area contributed by atoms with Gasteiger partial charge in [-0.1, -0.05) is 6.92 Å². The Morgan fingerprint density at radius 2 is 2.12 bits per heavy atom. The first-order valence-electron chi connectivity index (χ1n) is 6.40. The third-order valence-electron chi connectivity index (χ3n) is 2.98. The molecule has 0 aromatic heterocycles. The van der Waals surface area contributed by atoms with Crippen LogP contribution in [0.15, 0.2) is 0 Å². The molecule has 1 aliphatic rings. The van der Waals surface area contributed by atoms with Crippen molar-refractivity contribution in [1.82, 2.24) is 0 Å². The molecule has 2 atom stereocenters. The summed E-state index contributed by atoms with van der Waals surface area (Å²) in [4.78, 5) is 0. The van der Waals surface area contributed by atoms with Gasteiger partial charge in [0.25, 0.3) is 0 Å². The molecule has 4 heteroatoms. The van der Waals surface area contributed by atoms with Crippen LogP contribution in [0.4, 0.5) is 0 Å². The number of epoxide rings is 1. The zero-order valence-electron chi connectivity index (χ0n) is 11.1. The predicted molar refractivity (Wildman–Crippen MR) is 68.3 cm³/mol. The van der Waals surface area contributed by atoms with Crippen molar-refractivity contribution in [1.29, 1.82) is 0 Å². The summed E-state index contributed by atoms with van der Waals surface area (Å²) in [6, 6.07) is 1.19. The Hall–Kier alpha value is 0.0969. The summed E-state index contributed by atoms with van der Waals surface area (Å²) in [6.45, 7) is 11.4. The van der Waals surface area contributed by atoms with Crippen LogP contribution in [0.3, 0.4) is 0 Å². The van der Waals surface area contributed by atoms with Crippen molar-refractivity contribution >= 4 is 8.32 Å². The van der Waals surface area contributed by atoms with E-state index in [1.807, 2.05) is 0 Å². The van der Waals surface area contributed by atoms with Crippen LogP contribution in [-0.4, -0.2) is 40.3 Å². The van der Waals surface area contributed by atoms with E-state index in [1.54, 1.807) is 0 Å². The first-order valence-corrected chi connectivity index (χ1v) is 9.52. The van der Waals surface area contributed by atoms with Gasteiger partial charge < -0.3 is 13.9 Å². The van der Waals surface area contributed by atoms with Gasteiger partial charge in [0.15, 0.2) is 8.32 Å². The summed E-state index contributed by atoms with van der Waals surface area (Å²) in [5.74, 6) is 0. The van der Waals surface area contributed by atoms with Crippen molar-refractivity contribution in [3.05, 3.63) is 0 Å². The number of hydrogen-bond acceptors (Lipinski definition) is 3. The van der Waals surface area contributed by atoms with Crippen LogP contribution in [-0.2, 0) is 13.9 Å². The first kappa shape index (κ1) is 14.2. The highest BCUT2D eigenvalue weighted by atomic mass is 28.4. The largest absolute Gasteiger partial charge is 0.415 e. The molecule has 2 unspecified atom stereocenters. The van der Waals surface area contributed by atoms with Crippen LogP contribution >= 0.6 is 0 Å². The highest BCUT2D eigenvalue weighted by molar-refractivity contribution is 6.71. The molecule has 1 rings (SSSR count). The minimum atomic E-state index is -1.38. The molecule has 1 heterocycles. The van der Waals surface area contributed by atoms with Gasteiger partial charge in [-0.3, -0.25) is 0 Å². The lowest BCUT2D eigenvalue weighted by Gasteiger charge is -2.26. The van der Waals surface area contributed by atoms with Crippen molar-refractivity contribution in [2.45, 2.75) is 58.0 Å². The second-order valence-corrected chi connectivity index (χ2v) is 9.68. The maximum Gasteiger partial charge on any atom is 0.186 e. The first-order chi connectivity index (χ1) is 7.53. The van der Waals surface area contributed by atoms with E-state index in [1.165, 1.54) is 6.04 Å². The van der Waals surface area contributed by atoms with Crippen molar-refractivity contribution in [2.24, 2.45) is 0 Å². The van der Waals surface area contributed by atoms with E-state index in [9.17, 15) is 0 Å². The smallest absolute Gasteiger partial charge is 0.186 e. The average Bonchev–Trinajstić information content (AvgIpc) is 3.00. The fourth-order valence-corrected chi connectivity index (χ4v) is 2.91. The van der Waals surface area contributed by atoms with E-state index in [4.69, 9.17) is 13.9 Å². The van der Waals surface area contributed by atoms with E-state index < -0.39 is 8.32 Å². The quantitative estimate of drug-likeness (QED) is 0.356. The molecule has 0 radical (unpaired) electrons. The zero-order chi connectivity index (χ0) is 12.0. The molecule has 16 heavy (non-hydrogen) atoms. The Balaban J connectivity index is 1.94. The lowest BCUT2D eigenvalue weighted by molar-refractivity contribution is 0.102. The Morgan fingerprint density at radius 1 is 1.44 bits per heavy atom. The van der Waals surface area contributed by atoms with Gasteiger partial charge in [0, 0.05) is 12.7 Å². The molecule has 0 amide bonds. The van der Waals surface area contributed by atoms with E-state index in [-0.39, 0.29) is 0 Å². The monoisotopic (exact) mass is 246 g/mol. The second kappa shape index (κ2) is 6.74. The standard InChI is InChI=1S/C12H26O3Si/c1-5-16(3,4)15-11(2)7-6-8-13-9-12-10-14-12/h11-12H,5-10H2,1-4H3. The molecule has 1 aliphatic heterocycles. The number of rotatable bonds is 9. The van der Waals surface area contributed by atoms with Crippen LogP contribution in [0.2, 0.25) is 19.1 Å². The molecule has 1 fully saturated rings. The number of hydrogen-bond donors (Lipinski definition) is 0. The summed E-state index contributed by atoms with van der Waals surface area (Å²) in [5, 5.41) is 0. The highest BCUT2D eigenvalue weighted by Gasteiger charge is 2.23. The van der Waals surface area contributed by atoms with Gasteiger partial charge >= 0.3 is 0 Å². The molecule has 0 aromatic rings. The van der Waals surface area contributed by atoms with Gasteiger partial charge in [0.2, 0.25) is 0 Å². The van der Waals surface area contributed by atoms with Crippen LogP contribution in [0.5, 0.6) is 0 Å². The van der Waals surface area contributed by atoms with Crippen molar-refractivity contribution in [2.75, 3.05) is 19.8 Å². The maximum absolute atomic E-state index is 6.09.